The Morgan fingerprint density at radius 1 is 1.07 bits per heavy atom. The molecular formula is C16H14ClN5O4S. The molecule has 27 heavy (non-hydrogen) atoms. The Morgan fingerprint density at radius 3 is 2.41 bits per heavy atom. The molecule has 0 atom stereocenters. The first kappa shape index (κ1) is 20.5. The summed E-state index contributed by atoms with van der Waals surface area (Å²) in [6.45, 7) is -0.512. The van der Waals surface area contributed by atoms with Gasteiger partial charge in [-0.1, -0.05) is 53.7 Å². The van der Waals surface area contributed by atoms with Gasteiger partial charge in [-0.2, -0.15) is 0 Å². The third-order valence-electron chi connectivity index (χ3n) is 3.12. The van der Waals surface area contributed by atoms with Gasteiger partial charge in [0.2, 0.25) is 11.0 Å². The van der Waals surface area contributed by atoms with E-state index in [4.69, 9.17) is 17.4 Å². The maximum atomic E-state index is 12.0. The standard InChI is InChI=1S/C16H14ClN5O4S/c17-12-7-6-11(20-21-12)15(25)22(18)14(24)8-19-13(23)9-27-16(26)10-4-2-1-3-5-10/h1-7H,8-9,18H2,(H,19,23). The highest BCUT2D eigenvalue weighted by Crippen LogP contribution is 2.11. The monoisotopic (exact) mass is 407 g/mol. The summed E-state index contributed by atoms with van der Waals surface area (Å²) in [5, 5.41) is 9.42. The number of carbonyl (C=O) groups is 4. The van der Waals surface area contributed by atoms with Gasteiger partial charge >= 0.3 is 0 Å². The summed E-state index contributed by atoms with van der Waals surface area (Å²) in [5.41, 5.74) is 0.291. The number of aromatic nitrogens is 2. The van der Waals surface area contributed by atoms with Crippen LogP contribution in [0.4, 0.5) is 0 Å². The van der Waals surface area contributed by atoms with Crippen molar-refractivity contribution < 1.29 is 19.2 Å². The van der Waals surface area contributed by atoms with Gasteiger partial charge in [0, 0.05) is 5.56 Å². The summed E-state index contributed by atoms with van der Waals surface area (Å²) < 4.78 is 0. The Bertz CT molecular complexity index is 848. The molecule has 0 spiro atoms. The fraction of sp³-hybridized carbons (Fsp3) is 0.125. The summed E-state index contributed by atoms with van der Waals surface area (Å²) in [7, 11) is 0. The second-order valence-electron chi connectivity index (χ2n) is 5.03. The number of hydrazine groups is 1. The minimum Gasteiger partial charge on any atom is -0.346 e. The minimum absolute atomic E-state index is 0.0799. The van der Waals surface area contributed by atoms with E-state index in [0.717, 1.165) is 11.8 Å². The number of imide groups is 1. The van der Waals surface area contributed by atoms with Crippen molar-refractivity contribution in [2.24, 2.45) is 5.84 Å². The number of hydrogen-bond donors (Lipinski definition) is 2. The van der Waals surface area contributed by atoms with Crippen molar-refractivity contribution >= 4 is 46.2 Å². The van der Waals surface area contributed by atoms with Crippen LogP contribution < -0.4 is 11.2 Å². The molecule has 140 valence electrons. The van der Waals surface area contributed by atoms with Crippen molar-refractivity contribution in [3.63, 3.8) is 0 Å². The lowest BCUT2D eigenvalue weighted by atomic mass is 10.2. The zero-order valence-electron chi connectivity index (χ0n) is 13.8. The summed E-state index contributed by atoms with van der Waals surface area (Å²) in [6, 6.07) is 11.0. The number of nitrogens with zero attached hydrogens (tertiary/aromatic N) is 3. The first-order valence-electron chi connectivity index (χ1n) is 7.48. The van der Waals surface area contributed by atoms with E-state index in [1.807, 2.05) is 0 Å². The van der Waals surface area contributed by atoms with Crippen molar-refractivity contribution in [1.82, 2.24) is 20.5 Å². The van der Waals surface area contributed by atoms with Crippen LogP contribution in [0.1, 0.15) is 20.8 Å². The number of thioether (sulfide) groups is 1. The number of halogens is 1. The van der Waals surface area contributed by atoms with E-state index < -0.39 is 24.3 Å². The summed E-state index contributed by atoms with van der Waals surface area (Å²) in [6.07, 6.45) is 0. The van der Waals surface area contributed by atoms with Gasteiger partial charge in [0.25, 0.3) is 11.8 Å². The molecule has 3 amide bonds. The van der Waals surface area contributed by atoms with Crippen molar-refractivity contribution in [3.05, 3.63) is 58.9 Å². The van der Waals surface area contributed by atoms with E-state index in [2.05, 4.69) is 15.5 Å². The van der Waals surface area contributed by atoms with Crippen LogP contribution >= 0.6 is 23.4 Å². The highest BCUT2D eigenvalue weighted by Gasteiger charge is 2.21. The number of carbonyl (C=O) groups excluding carboxylic acids is 4. The Hall–Kier alpha value is -2.82. The fourth-order valence-electron chi connectivity index (χ4n) is 1.77. The molecule has 0 aliphatic rings. The minimum atomic E-state index is -0.896. The fourth-order valence-corrected chi connectivity index (χ4v) is 2.53. The smallest absolute Gasteiger partial charge is 0.295 e. The number of nitrogens with one attached hydrogen (secondary N) is 1. The van der Waals surface area contributed by atoms with E-state index in [-0.39, 0.29) is 21.7 Å². The Balaban J connectivity index is 1.78. The summed E-state index contributed by atoms with van der Waals surface area (Å²) >= 11 is 6.36. The molecule has 0 radical (unpaired) electrons. The molecule has 0 unspecified atom stereocenters. The topological polar surface area (TPSA) is 135 Å². The van der Waals surface area contributed by atoms with Crippen molar-refractivity contribution in [2.75, 3.05) is 12.3 Å². The molecule has 0 fully saturated rings. The summed E-state index contributed by atoms with van der Waals surface area (Å²) in [5.74, 6) is 2.96. The lowest BCUT2D eigenvalue weighted by Crippen LogP contribution is -2.48. The maximum Gasteiger partial charge on any atom is 0.295 e. The Morgan fingerprint density at radius 2 is 1.78 bits per heavy atom. The highest BCUT2D eigenvalue weighted by atomic mass is 35.5. The molecule has 0 saturated heterocycles. The molecule has 11 heteroatoms. The van der Waals surface area contributed by atoms with Gasteiger partial charge < -0.3 is 5.32 Å². The molecule has 9 nitrogen and oxygen atoms in total. The van der Waals surface area contributed by atoms with Gasteiger partial charge in [-0.25, -0.2) is 10.9 Å². The second kappa shape index (κ2) is 9.76. The Labute approximate surface area is 163 Å². The van der Waals surface area contributed by atoms with Crippen LogP contribution in [0.15, 0.2) is 42.5 Å². The third-order valence-corrected chi connectivity index (χ3v) is 4.23. The van der Waals surface area contributed by atoms with Crippen LogP contribution in [0.25, 0.3) is 0 Å². The molecule has 0 saturated carbocycles. The molecule has 0 bridgehead atoms. The average Bonchev–Trinajstić information content (AvgIpc) is 2.70. The third kappa shape index (κ3) is 6.13. The summed E-state index contributed by atoms with van der Waals surface area (Å²) in [4.78, 5) is 47.5. The largest absolute Gasteiger partial charge is 0.346 e. The molecule has 0 aliphatic heterocycles. The predicted octanol–water partition coefficient (Wildman–Crippen LogP) is 0.662. The second-order valence-corrected chi connectivity index (χ2v) is 6.36. The van der Waals surface area contributed by atoms with Crippen LogP contribution in [0, 0.1) is 0 Å². The normalized spacial score (nSPS) is 10.1. The van der Waals surface area contributed by atoms with E-state index >= 15 is 0 Å². The molecule has 3 N–H and O–H groups in total. The molecule has 1 heterocycles. The maximum absolute atomic E-state index is 12.0. The van der Waals surface area contributed by atoms with E-state index in [0.29, 0.717) is 10.6 Å². The molecular weight excluding hydrogens is 394 g/mol. The lowest BCUT2D eigenvalue weighted by molar-refractivity contribution is -0.130. The zero-order valence-corrected chi connectivity index (χ0v) is 15.4. The first-order chi connectivity index (χ1) is 12.9. The SMILES string of the molecule is NN(C(=O)CNC(=O)CSC(=O)c1ccccc1)C(=O)c1ccc(Cl)nn1. The van der Waals surface area contributed by atoms with Crippen molar-refractivity contribution in [1.29, 1.82) is 0 Å². The molecule has 1 aromatic heterocycles. The number of hydrogen-bond acceptors (Lipinski definition) is 8. The van der Waals surface area contributed by atoms with E-state index in [1.165, 1.54) is 12.1 Å². The zero-order chi connectivity index (χ0) is 19.8. The molecule has 0 aliphatic carbocycles. The van der Waals surface area contributed by atoms with Gasteiger partial charge in [-0.05, 0) is 12.1 Å². The quantitative estimate of drug-likeness (QED) is 0.405. The number of rotatable bonds is 6. The van der Waals surface area contributed by atoms with Crippen molar-refractivity contribution in [3.8, 4) is 0 Å². The van der Waals surface area contributed by atoms with Gasteiger partial charge in [-0.15, -0.1) is 10.2 Å². The highest BCUT2D eigenvalue weighted by molar-refractivity contribution is 8.14. The van der Waals surface area contributed by atoms with E-state index in [9.17, 15) is 19.2 Å². The predicted molar refractivity (Wildman–Crippen MR) is 98.6 cm³/mol. The first-order valence-corrected chi connectivity index (χ1v) is 8.85. The number of amides is 3. The average molecular weight is 408 g/mol. The van der Waals surface area contributed by atoms with Crippen LogP contribution in [0.3, 0.4) is 0 Å². The van der Waals surface area contributed by atoms with Crippen LogP contribution in [-0.4, -0.2) is 50.3 Å². The van der Waals surface area contributed by atoms with Crippen LogP contribution in [0.5, 0.6) is 0 Å². The van der Waals surface area contributed by atoms with E-state index in [1.54, 1.807) is 30.3 Å². The van der Waals surface area contributed by atoms with Gasteiger partial charge in [0.15, 0.2) is 10.8 Å². The molecule has 2 rings (SSSR count). The van der Waals surface area contributed by atoms with Gasteiger partial charge in [0.1, 0.15) is 0 Å². The van der Waals surface area contributed by atoms with Crippen LogP contribution in [-0.2, 0) is 9.59 Å². The van der Waals surface area contributed by atoms with Crippen molar-refractivity contribution in [2.45, 2.75) is 0 Å². The van der Waals surface area contributed by atoms with Gasteiger partial charge in [-0.3, -0.25) is 19.2 Å². The van der Waals surface area contributed by atoms with Crippen LogP contribution in [0.2, 0.25) is 5.15 Å². The molecule has 1 aromatic carbocycles. The molecule has 2 aromatic rings. The number of benzene rings is 1. The Kier molecular flexibility index (Phi) is 7.41. The lowest BCUT2D eigenvalue weighted by Gasteiger charge is -2.14. The van der Waals surface area contributed by atoms with Gasteiger partial charge in [0.05, 0.1) is 12.3 Å². The number of nitrogens with two attached hydrogens (primary N) is 1.